The third kappa shape index (κ3) is 3.47. The Kier molecular flexibility index (Phi) is 4.36. The number of benzene rings is 1. The second-order valence-electron chi connectivity index (χ2n) is 4.78. The summed E-state index contributed by atoms with van der Waals surface area (Å²) < 4.78 is 0. The molecule has 0 radical (unpaired) electrons. The van der Waals surface area contributed by atoms with Crippen LogP contribution < -0.4 is 5.32 Å². The van der Waals surface area contributed by atoms with Crippen LogP contribution in [0.25, 0.3) is 0 Å². The van der Waals surface area contributed by atoms with Gasteiger partial charge in [-0.25, -0.2) is 9.59 Å². The molecule has 21 heavy (non-hydrogen) atoms. The predicted octanol–water partition coefficient (Wildman–Crippen LogP) is 1.35. The quantitative estimate of drug-likeness (QED) is 0.642. The summed E-state index contributed by atoms with van der Waals surface area (Å²) in [6, 6.07) is 4.67. The highest BCUT2D eigenvalue weighted by Crippen LogP contribution is 2.18. The number of carbonyl (C=O) groups excluding carboxylic acids is 1. The number of nitro groups is 1. The summed E-state index contributed by atoms with van der Waals surface area (Å²) in [6.45, 7) is 0.515. The van der Waals surface area contributed by atoms with E-state index in [0.29, 0.717) is 24.9 Å². The molecule has 1 aliphatic heterocycles. The maximum atomic E-state index is 12.0. The zero-order valence-corrected chi connectivity index (χ0v) is 11.2. The Labute approximate surface area is 120 Å². The van der Waals surface area contributed by atoms with Gasteiger partial charge in [-0.3, -0.25) is 10.1 Å². The van der Waals surface area contributed by atoms with Crippen LogP contribution in [0.1, 0.15) is 18.4 Å². The number of nitrogens with zero attached hydrogens (tertiary/aromatic N) is 2. The van der Waals surface area contributed by atoms with E-state index in [1.807, 2.05) is 0 Å². The Bertz CT molecular complexity index is 575. The van der Waals surface area contributed by atoms with Crippen molar-refractivity contribution >= 4 is 17.7 Å². The van der Waals surface area contributed by atoms with Gasteiger partial charge < -0.3 is 15.3 Å². The van der Waals surface area contributed by atoms with Crippen LogP contribution in [0.5, 0.6) is 0 Å². The molecule has 2 amide bonds. The number of non-ortho nitro benzene ring substituents is 1. The summed E-state index contributed by atoms with van der Waals surface area (Å²) in [5.41, 5.74) is 0.537. The Hall–Kier alpha value is -2.64. The van der Waals surface area contributed by atoms with Crippen LogP contribution >= 0.6 is 0 Å². The largest absolute Gasteiger partial charge is 0.480 e. The molecule has 0 bridgehead atoms. The van der Waals surface area contributed by atoms with E-state index in [2.05, 4.69) is 5.32 Å². The lowest BCUT2D eigenvalue weighted by molar-refractivity contribution is -0.384. The molecular weight excluding hydrogens is 278 g/mol. The fraction of sp³-hybridized carbons (Fsp3) is 0.385. The summed E-state index contributed by atoms with van der Waals surface area (Å²) in [5.74, 6) is -1.02. The van der Waals surface area contributed by atoms with Gasteiger partial charge in [-0.05, 0) is 18.4 Å². The van der Waals surface area contributed by atoms with E-state index < -0.39 is 23.0 Å². The predicted molar refractivity (Wildman–Crippen MR) is 72.7 cm³/mol. The topological polar surface area (TPSA) is 113 Å². The molecule has 0 spiro atoms. The fourth-order valence-electron chi connectivity index (χ4n) is 2.33. The average Bonchev–Trinajstić information content (AvgIpc) is 2.94. The molecule has 0 unspecified atom stereocenters. The highest BCUT2D eigenvalue weighted by Gasteiger charge is 2.33. The lowest BCUT2D eigenvalue weighted by Gasteiger charge is -2.21. The van der Waals surface area contributed by atoms with Crippen LogP contribution in [0.3, 0.4) is 0 Å². The SMILES string of the molecule is O=C(O)[C@H]1CCCN1C(=O)NCc1cccc([N+](=O)[O-])c1. The van der Waals surface area contributed by atoms with Crippen LogP contribution in [0.4, 0.5) is 10.5 Å². The molecule has 1 atom stereocenters. The summed E-state index contributed by atoms with van der Waals surface area (Å²) in [6.07, 6.45) is 1.10. The molecule has 0 aliphatic carbocycles. The van der Waals surface area contributed by atoms with Gasteiger partial charge in [0.25, 0.3) is 5.69 Å². The highest BCUT2D eigenvalue weighted by molar-refractivity contribution is 5.83. The summed E-state index contributed by atoms with van der Waals surface area (Å²) >= 11 is 0. The van der Waals surface area contributed by atoms with Gasteiger partial charge in [-0.1, -0.05) is 12.1 Å². The molecule has 0 aromatic heterocycles. The van der Waals surface area contributed by atoms with Gasteiger partial charge in [0.05, 0.1) is 4.92 Å². The second-order valence-corrected chi connectivity index (χ2v) is 4.78. The first-order valence-electron chi connectivity index (χ1n) is 6.49. The molecule has 1 heterocycles. The van der Waals surface area contributed by atoms with Crippen LogP contribution in [-0.2, 0) is 11.3 Å². The van der Waals surface area contributed by atoms with E-state index in [0.717, 1.165) is 0 Å². The van der Waals surface area contributed by atoms with Gasteiger partial charge in [-0.15, -0.1) is 0 Å². The van der Waals surface area contributed by atoms with Crippen molar-refractivity contribution in [3.8, 4) is 0 Å². The minimum atomic E-state index is -1.02. The van der Waals surface area contributed by atoms with E-state index in [9.17, 15) is 19.7 Å². The number of hydrogen-bond donors (Lipinski definition) is 2. The molecule has 8 heteroatoms. The first-order chi connectivity index (χ1) is 9.99. The number of carbonyl (C=O) groups is 2. The van der Waals surface area contributed by atoms with Crippen molar-refractivity contribution in [1.29, 1.82) is 0 Å². The molecule has 2 N–H and O–H groups in total. The molecule has 2 rings (SSSR count). The Morgan fingerprint density at radius 3 is 2.90 bits per heavy atom. The highest BCUT2D eigenvalue weighted by atomic mass is 16.6. The molecule has 1 aromatic rings. The van der Waals surface area contributed by atoms with Gasteiger partial charge in [0.2, 0.25) is 0 Å². The van der Waals surface area contributed by atoms with Crippen molar-refractivity contribution in [3.63, 3.8) is 0 Å². The van der Waals surface area contributed by atoms with Crippen molar-refractivity contribution < 1.29 is 19.6 Å². The standard InChI is InChI=1S/C13H15N3O5/c17-12(18)11-5-2-6-15(11)13(19)14-8-9-3-1-4-10(7-9)16(20)21/h1,3-4,7,11H,2,5-6,8H2,(H,14,19)(H,17,18)/t11-/m1/s1. The molecule has 8 nitrogen and oxygen atoms in total. The number of aliphatic carboxylic acids is 1. The van der Waals surface area contributed by atoms with Gasteiger partial charge in [0.1, 0.15) is 6.04 Å². The molecule has 1 saturated heterocycles. The van der Waals surface area contributed by atoms with Crippen molar-refractivity contribution in [2.45, 2.75) is 25.4 Å². The maximum Gasteiger partial charge on any atom is 0.326 e. The molecule has 1 fully saturated rings. The Balaban J connectivity index is 1.96. The number of hydrogen-bond acceptors (Lipinski definition) is 4. The van der Waals surface area contributed by atoms with Gasteiger partial charge in [-0.2, -0.15) is 0 Å². The fourth-order valence-corrected chi connectivity index (χ4v) is 2.33. The summed E-state index contributed by atoms with van der Waals surface area (Å²) in [4.78, 5) is 34.4. The van der Waals surface area contributed by atoms with Crippen molar-refractivity contribution in [2.24, 2.45) is 0 Å². The zero-order valence-electron chi connectivity index (χ0n) is 11.2. The van der Waals surface area contributed by atoms with Crippen LogP contribution in [-0.4, -0.2) is 39.5 Å². The zero-order chi connectivity index (χ0) is 15.4. The summed E-state index contributed by atoms with van der Waals surface area (Å²) in [7, 11) is 0. The first-order valence-corrected chi connectivity index (χ1v) is 6.49. The number of urea groups is 1. The minimum Gasteiger partial charge on any atom is -0.480 e. The molecule has 0 saturated carbocycles. The van der Waals surface area contributed by atoms with Crippen molar-refractivity contribution in [3.05, 3.63) is 39.9 Å². The van der Waals surface area contributed by atoms with E-state index in [1.54, 1.807) is 6.07 Å². The monoisotopic (exact) mass is 293 g/mol. The van der Waals surface area contributed by atoms with Gasteiger partial charge >= 0.3 is 12.0 Å². The van der Waals surface area contributed by atoms with Crippen LogP contribution in [0, 0.1) is 10.1 Å². The van der Waals surface area contributed by atoms with Gasteiger partial charge in [0.15, 0.2) is 0 Å². The van der Waals surface area contributed by atoms with Crippen LogP contribution in [0.15, 0.2) is 24.3 Å². The molecular formula is C13H15N3O5. The van der Waals surface area contributed by atoms with E-state index in [-0.39, 0.29) is 12.2 Å². The van der Waals surface area contributed by atoms with E-state index in [1.165, 1.54) is 23.1 Å². The number of nitro benzene ring substituents is 1. The lowest BCUT2D eigenvalue weighted by atomic mass is 10.2. The molecule has 1 aliphatic rings. The summed E-state index contributed by atoms with van der Waals surface area (Å²) in [5, 5.41) is 22.3. The smallest absolute Gasteiger partial charge is 0.326 e. The number of carboxylic acid groups (broad SMARTS) is 1. The third-order valence-electron chi connectivity index (χ3n) is 3.36. The lowest BCUT2D eigenvalue weighted by Crippen LogP contribution is -2.45. The average molecular weight is 293 g/mol. The number of rotatable bonds is 4. The van der Waals surface area contributed by atoms with E-state index in [4.69, 9.17) is 5.11 Å². The Morgan fingerprint density at radius 1 is 1.48 bits per heavy atom. The molecule has 1 aromatic carbocycles. The normalized spacial score (nSPS) is 17.5. The molecule has 112 valence electrons. The maximum absolute atomic E-state index is 12.0. The van der Waals surface area contributed by atoms with Gasteiger partial charge in [0, 0.05) is 25.2 Å². The van der Waals surface area contributed by atoms with Crippen molar-refractivity contribution in [1.82, 2.24) is 10.2 Å². The van der Waals surface area contributed by atoms with E-state index >= 15 is 0 Å². The number of nitrogens with one attached hydrogen (secondary N) is 1. The Morgan fingerprint density at radius 2 is 2.24 bits per heavy atom. The van der Waals surface area contributed by atoms with Crippen molar-refractivity contribution in [2.75, 3.05) is 6.54 Å². The first kappa shape index (κ1) is 14.8. The minimum absolute atomic E-state index is 0.0497. The number of carboxylic acids is 1. The number of amides is 2. The third-order valence-corrected chi connectivity index (χ3v) is 3.36. The number of likely N-dealkylation sites (tertiary alicyclic amines) is 1. The van der Waals surface area contributed by atoms with Crippen LogP contribution in [0.2, 0.25) is 0 Å². The second kappa shape index (κ2) is 6.21.